The van der Waals surface area contributed by atoms with E-state index >= 15 is 0 Å². The van der Waals surface area contributed by atoms with Crippen molar-refractivity contribution in [3.8, 4) is 0 Å². The van der Waals surface area contributed by atoms with Crippen LogP contribution in [0, 0.1) is 0 Å². The topological polar surface area (TPSA) is 21.7 Å². The van der Waals surface area contributed by atoms with Gasteiger partial charge >= 0.3 is 0 Å². The highest BCUT2D eigenvalue weighted by Crippen LogP contribution is 2.25. The van der Waals surface area contributed by atoms with E-state index in [-0.39, 0.29) is 6.29 Å². The SMILES string of the molecule is COC(CN(C)C1CC1)OC. The smallest absolute Gasteiger partial charge is 0.169 e. The van der Waals surface area contributed by atoms with Gasteiger partial charge in [0.25, 0.3) is 0 Å². The normalized spacial score (nSPS) is 18.3. The van der Waals surface area contributed by atoms with Crippen molar-refractivity contribution in [3.63, 3.8) is 0 Å². The van der Waals surface area contributed by atoms with E-state index < -0.39 is 0 Å². The van der Waals surface area contributed by atoms with Gasteiger partial charge in [0.05, 0.1) is 0 Å². The summed E-state index contributed by atoms with van der Waals surface area (Å²) in [7, 11) is 5.46. The third-order valence-electron chi connectivity index (χ3n) is 2.13. The molecule has 0 saturated heterocycles. The summed E-state index contributed by atoms with van der Waals surface area (Å²) in [4.78, 5) is 2.29. The lowest BCUT2D eigenvalue weighted by atomic mass is 10.5. The Balaban J connectivity index is 2.15. The summed E-state index contributed by atoms with van der Waals surface area (Å²) in [6, 6.07) is 0.780. The van der Waals surface area contributed by atoms with Crippen LogP contribution in [0.15, 0.2) is 0 Å². The Hall–Kier alpha value is -0.120. The molecule has 1 aliphatic rings. The number of hydrogen-bond acceptors (Lipinski definition) is 3. The molecule has 0 bridgehead atoms. The summed E-state index contributed by atoms with van der Waals surface area (Å²) in [6.45, 7) is 0.873. The fraction of sp³-hybridized carbons (Fsp3) is 1.00. The predicted molar refractivity (Wildman–Crippen MR) is 43.5 cm³/mol. The molecule has 0 unspecified atom stereocenters. The Morgan fingerprint density at radius 1 is 1.36 bits per heavy atom. The van der Waals surface area contributed by atoms with Crippen molar-refractivity contribution >= 4 is 0 Å². The summed E-state index contributed by atoms with van der Waals surface area (Å²) in [5.74, 6) is 0. The van der Waals surface area contributed by atoms with Crippen LogP contribution in [0.2, 0.25) is 0 Å². The van der Waals surface area contributed by atoms with Gasteiger partial charge in [0.1, 0.15) is 0 Å². The van der Waals surface area contributed by atoms with Gasteiger partial charge in [-0.1, -0.05) is 0 Å². The maximum atomic E-state index is 5.08. The third kappa shape index (κ3) is 2.77. The van der Waals surface area contributed by atoms with Gasteiger partial charge in [0.2, 0.25) is 0 Å². The van der Waals surface area contributed by atoms with Crippen LogP contribution < -0.4 is 0 Å². The molecule has 0 heterocycles. The van der Waals surface area contributed by atoms with Crippen LogP contribution in [-0.4, -0.2) is 45.0 Å². The molecule has 0 radical (unpaired) electrons. The second-order valence-corrected chi connectivity index (χ2v) is 3.07. The Morgan fingerprint density at radius 2 is 1.91 bits per heavy atom. The van der Waals surface area contributed by atoms with Gasteiger partial charge in [0.15, 0.2) is 6.29 Å². The van der Waals surface area contributed by atoms with Gasteiger partial charge in [0, 0.05) is 26.8 Å². The average molecular weight is 159 g/mol. The molecule has 3 nitrogen and oxygen atoms in total. The first kappa shape index (κ1) is 8.97. The van der Waals surface area contributed by atoms with Crippen molar-refractivity contribution in [1.82, 2.24) is 4.90 Å². The first-order valence-corrected chi connectivity index (χ1v) is 4.03. The molecule has 66 valence electrons. The number of rotatable bonds is 5. The van der Waals surface area contributed by atoms with E-state index in [1.54, 1.807) is 14.2 Å². The van der Waals surface area contributed by atoms with Crippen LogP contribution >= 0.6 is 0 Å². The highest BCUT2D eigenvalue weighted by molar-refractivity contribution is 4.82. The molecule has 0 N–H and O–H groups in total. The standard InChI is InChI=1S/C8H17NO2/c1-9(7-4-5-7)6-8(10-2)11-3/h7-8H,4-6H2,1-3H3. The van der Waals surface area contributed by atoms with Crippen LogP contribution in [0.3, 0.4) is 0 Å². The van der Waals surface area contributed by atoms with Crippen LogP contribution in [0.4, 0.5) is 0 Å². The first-order chi connectivity index (χ1) is 5.27. The van der Waals surface area contributed by atoms with Crippen molar-refractivity contribution in [2.45, 2.75) is 25.2 Å². The molecule has 0 aliphatic heterocycles. The number of methoxy groups -OCH3 is 2. The van der Waals surface area contributed by atoms with Crippen LogP contribution in [0.5, 0.6) is 0 Å². The van der Waals surface area contributed by atoms with E-state index in [2.05, 4.69) is 11.9 Å². The maximum absolute atomic E-state index is 5.08. The van der Waals surface area contributed by atoms with Gasteiger partial charge in [-0.05, 0) is 19.9 Å². The number of likely N-dealkylation sites (N-methyl/N-ethyl adjacent to an activating group) is 1. The van der Waals surface area contributed by atoms with Crippen molar-refractivity contribution in [1.29, 1.82) is 0 Å². The molecule has 0 aromatic carbocycles. The summed E-state index contributed by atoms with van der Waals surface area (Å²) in [5.41, 5.74) is 0. The number of ether oxygens (including phenoxy) is 2. The summed E-state index contributed by atoms with van der Waals surface area (Å²) in [5, 5.41) is 0. The van der Waals surface area contributed by atoms with E-state index in [1.807, 2.05) is 0 Å². The van der Waals surface area contributed by atoms with E-state index in [9.17, 15) is 0 Å². The zero-order chi connectivity index (χ0) is 8.27. The second-order valence-electron chi connectivity index (χ2n) is 3.07. The Morgan fingerprint density at radius 3 is 2.27 bits per heavy atom. The van der Waals surface area contributed by atoms with E-state index in [0.29, 0.717) is 0 Å². The maximum Gasteiger partial charge on any atom is 0.169 e. The van der Waals surface area contributed by atoms with Crippen LogP contribution in [0.25, 0.3) is 0 Å². The molecule has 11 heavy (non-hydrogen) atoms. The fourth-order valence-electron chi connectivity index (χ4n) is 1.14. The molecular weight excluding hydrogens is 142 g/mol. The third-order valence-corrected chi connectivity index (χ3v) is 2.13. The number of hydrogen-bond donors (Lipinski definition) is 0. The van der Waals surface area contributed by atoms with Crippen molar-refractivity contribution in [2.75, 3.05) is 27.8 Å². The monoisotopic (exact) mass is 159 g/mol. The lowest BCUT2D eigenvalue weighted by molar-refractivity contribution is -0.114. The first-order valence-electron chi connectivity index (χ1n) is 4.03. The summed E-state index contributed by atoms with van der Waals surface area (Å²) >= 11 is 0. The van der Waals surface area contributed by atoms with Crippen molar-refractivity contribution < 1.29 is 9.47 Å². The molecule has 0 atom stereocenters. The lowest BCUT2D eigenvalue weighted by Crippen LogP contribution is -2.33. The molecule has 1 rings (SSSR count). The highest BCUT2D eigenvalue weighted by Gasteiger charge is 2.27. The second kappa shape index (κ2) is 4.04. The zero-order valence-electron chi connectivity index (χ0n) is 7.54. The predicted octanol–water partition coefficient (Wildman–Crippen LogP) is 0.699. The molecule has 0 amide bonds. The van der Waals surface area contributed by atoms with Gasteiger partial charge in [-0.3, -0.25) is 4.90 Å². The Labute approximate surface area is 68.3 Å². The highest BCUT2D eigenvalue weighted by atomic mass is 16.7. The fourth-order valence-corrected chi connectivity index (χ4v) is 1.14. The van der Waals surface area contributed by atoms with Gasteiger partial charge in [-0.15, -0.1) is 0 Å². The molecule has 0 spiro atoms. The summed E-state index contributed by atoms with van der Waals surface area (Å²) in [6.07, 6.45) is 2.59. The number of nitrogens with zero attached hydrogens (tertiary/aromatic N) is 1. The molecule has 0 aromatic rings. The Kier molecular flexibility index (Phi) is 3.30. The minimum atomic E-state index is -0.0689. The minimum Gasteiger partial charge on any atom is -0.355 e. The van der Waals surface area contributed by atoms with E-state index in [1.165, 1.54) is 12.8 Å². The molecular formula is C8H17NO2. The molecule has 1 saturated carbocycles. The van der Waals surface area contributed by atoms with Crippen LogP contribution in [0.1, 0.15) is 12.8 Å². The zero-order valence-corrected chi connectivity index (χ0v) is 7.54. The van der Waals surface area contributed by atoms with Crippen molar-refractivity contribution in [3.05, 3.63) is 0 Å². The largest absolute Gasteiger partial charge is 0.355 e. The van der Waals surface area contributed by atoms with Gasteiger partial charge < -0.3 is 9.47 Å². The summed E-state index contributed by atoms with van der Waals surface area (Å²) < 4.78 is 10.2. The molecule has 1 fully saturated rings. The quantitative estimate of drug-likeness (QED) is 0.551. The molecule has 0 aromatic heterocycles. The minimum absolute atomic E-state index is 0.0689. The van der Waals surface area contributed by atoms with E-state index in [0.717, 1.165) is 12.6 Å². The van der Waals surface area contributed by atoms with Crippen molar-refractivity contribution in [2.24, 2.45) is 0 Å². The Bertz CT molecular complexity index is 111. The van der Waals surface area contributed by atoms with E-state index in [4.69, 9.17) is 9.47 Å². The lowest BCUT2D eigenvalue weighted by Gasteiger charge is -2.21. The van der Waals surface area contributed by atoms with Gasteiger partial charge in [-0.2, -0.15) is 0 Å². The van der Waals surface area contributed by atoms with Crippen LogP contribution in [-0.2, 0) is 9.47 Å². The molecule has 1 aliphatic carbocycles. The average Bonchev–Trinajstić information content (AvgIpc) is 2.81. The van der Waals surface area contributed by atoms with Gasteiger partial charge in [-0.25, -0.2) is 0 Å². The molecule has 3 heteroatoms.